The van der Waals surface area contributed by atoms with Gasteiger partial charge in [-0.3, -0.25) is 0 Å². The maximum absolute atomic E-state index is 3.76. The molecule has 0 amide bonds. The average Bonchev–Trinajstić information content (AvgIpc) is 2.42. The molecule has 1 rings (SSSR count). The molecule has 1 N–H and O–H groups in total. The second-order valence-electron chi connectivity index (χ2n) is 6.47. The first-order chi connectivity index (χ1) is 9.08. The number of nitrogens with one attached hydrogen (secondary N) is 1. The number of hydrogen-bond donors (Lipinski definition) is 1. The minimum absolute atomic E-state index is 0.658. The molecule has 19 heavy (non-hydrogen) atoms. The molecule has 0 aromatic rings. The lowest BCUT2D eigenvalue weighted by Crippen LogP contribution is -2.51. The molecule has 3 heteroatoms. The van der Waals surface area contributed by atoms with Gasteiger partial charge in [-0.25, -0.2) is 0 Å². The maximum Gasteiger partial charge on any atom is 0.0220 e. The van der Waals surface area contributed by atoms with Crippen LogP contribution >= 0.6 is 0 Å². The Hall–Kier alpha value is -0.120. The Morgan fingerprint density at radius 3 is 2.63 bits per heavy atom. The lowest BCUT2D eigenvalue weighted by atomic mass is 9.96. The fourth-order valence-electron chi connectivity index (χ4n) is 2.96. The SMILES string of the molecule is CCCNC(CN1CCCC(N(C)C)C1)C(C)CC. The Kier molecular flexibility index (Phi) is 7.96. The van der Waals surface area contributed by atoms with Crippen LogP contribution < -0.4 is 5.32 Å². The molecular formula is C16H35N3. The Labute approximate surface area is 120 Å². The minimum Gasteiger partial charge on any atom is -0.312 e. The van der Waals surface area contributed by atoms with Gasteiger partial charge >= 0.3 is 0 Å². The van der Waals surface area contributed by atoms with E-state index < -0.39 is 0 Å². The minimum atomic E-state index is 0.658. The van der Waals surface area contributed by atoms with E-state index in [0.29, 0.717) is 6.04 Å². The van der Waals surface area contributed by atoms with Crippen LogP contribution in [0.2, 0.25) is 0 Å². The van der Waals surface area contributed by atoms with Crippen LogP contribution in [0, 0.1) is 5.92 Å². The Balaban J connectivity index is 2.47. The third-order valence-corrected chi connectivity index (χ3v) is 4.65. The van der Waals surface area contributed by atoms with Gasteiger partial charge in [0.05, 0.1) is 0 Å². The van der Waals surface area contributed by atoms with Gasteiger partial charge in [0.25, 0.3) is 0 Å². The maximum atomic E-state index is 3.76. The molecule has 0 aliphatic carbocycles. The van der Waals surface area contributed by atoms with Gasteiger partial charge in [0.2, 0.25) is 0 Å². The van der Waals surface area contributed by atoms with Crippen molar-refractivity contribution in [1.82, 2.24) is 15.1 Å². The van der Waals surface area contributed by atoms with Crippen molar-refractivity contribution in [2.45, 2.75) is 58.5 Å². The molecule has 0 aromatic heterocycles. The highest BCUT2D eigenvalue weighted by molar-refractivity contribution is 4.83. The second kappa shape index (κ2) is 8.93. The summed E-state index contributed by atoms with van der Waals surface area (Å²) in [5.74, 6) is 0.770. The zero-order valence-electron chi connectivity index (χ0n) is 13.8. The lowest BCUT2D eigenvalue weighted by Gasteiger charge is -2.39. The highest BCUT2D eigenvalue weighted by Crippen LogP contribution is 2.16. The summed E-state index contributed by atoms with van der Waals surface area (Å²) in [4.78, 5) is 5.07. The summed E-state index contributed by atoms with van der Waals surface area (Å²) in [6.45, 7) is 11.9. The Morgan fingerprint density at radius 1 is 1.32 bits per heavy atom. The van der Waals surface area contributed by atoms with Gasteiger partial charge in [0, 0.05) is 25.2 Å². The van der Waals surface area contributed by atoms with Crippen molar-refractivity contribution < 1.29 is 0 Å². The highest BCUT2D eigenvalue weighted by Gasteiger charge is 2.25. The van der Waals surface area contributed by atoms with Crippen molar-refractivity contribution in [3.8, 4) is 0 Å². The first-order valence-corrected chi connectivity index (χ1v) is 8.20. The third-order valence-electron chi connectivity index (χ3n) is 4.65. The van der Waals surface area contributed by atoms with E-state index in [9.17, 15) is 0 Å². The van der Waals surface area contributed by atoms with Crippen LogP contribution in [0.15, 0.2) is 0 Å². The number of hydrogen-bond acceptors (Lipinski definition) is 3. The summed E-state index contributed by atoms with van der Waals surface area (Å²) in [5, 5.41) is 3.76. The predicted molar refractivity (Wildman–Crippen MR) is 84.7 cm³/mol. The molecule has 1 aliphatic rings. The highest BCUT2D eigenvalue weighted by atomic mass is 15.2. The smallest absolute Gasteiger partial charge is 0.0220 e. The van der Waals surface area contributed by atoms with Crippen LogP contribution in [0.3, 0.4) is 0 Å². The van der Waals surface area contributed by atoms with Crippen molar-refractivity contribution >= 4 is 0 Å². The molecule has 3 nitrogen and oxygen atoms in total. The quantitative estimate of drug-likeness (QED) is 0.730. The molecule has 1 fully saturated rings. The van der Waals surface area contributed by atoms with Crippen LogP contribution in [0.25, 0.3) is 0 Å². The molecule has 0 saturated carbocycles. The van der Waals surface area contributed by atoms with E-state index >= 15 is 0 Å². The summed E-state index contributed by atoms with van der Waals surface area (Å²) in [6, 6.07) is 1.41. The van der Waals surface area contributed by atoms with Gasteiger partial charge in [-0.1, -0.05) is 27.2 Å². The fraction of sp³-hybridized carbons (Fsp3) is 1.00. The van der Waals surface area contributed by atoms with E-state index in [1.165, 1.54) is 45.3 Å². The monoisotopic (exact) mass is 269 g/mol. The zero-order chi connectivity index (χ0) is 14.3. The van der Waals surface area contributed by atoms with Gasteiger partial charge in [-0.05, 0) is 52.4 Å². The first kappa shape index (κ1) is 16.9. The standard InChI is InChI=1S/C16H35N3/c1-6-10-17-16(14(3)7-2)13-19-11-8-9-15(12-19)18(4)5/h14-17H,6-13H2,1-5H3. The van der Waals surface area contributed by atoms with E-state index in [0.717, 1.165) is 18.5 Å². The topological polar surface area (TPSA) is 18.5 Å². The molecule has 0 bridgehead atoms. The summed E-state index contributed by atoms with van der Waals surface area (Å²) < 4.78 is 0. The van der Waals surface area contributed by atoms with Crippen molar-refractivity contribution in [2.24, 2.45) is 5.92 Å². The molecule has 0 radical (unpaired) electrons. The van der Waals surface area contributed by atoms with Gasteiger partial charge in [-0.15, -0.1) is 0 Å². The first-order valence-electron chi connectivity index (χ1n) is 8.20. The molecular weight excluding hydrogens is 234 g/mol. The Bertz CT molecular complexity index is 230. The van der Waals surface area contributed by atoms with E-state index in [-0.39, 0.29) is 0 Å². The van der Waals surface area contributed by atoms with Crippen LogP contribution in [-0.4, -0.2) is 62.2 Å². The lowest BCUT2D eigenvalue weighted by molar-refractivity contribution is 0.115. The van der Waals surface area contributed by atoms with Gasteiger partial charge in [0.15, 0.2) is 0 Å². The third kappa shape index (κ3) is 5.80. The van der Waals surface area contributed by atoms with Crippen LogP contribution in [0.5, 0.6) is 0 Å². The van der Waals surface area contributed by atoms with E-state index in [4.69, 9.17) is 0 Å². The molecule has 0 spiro atoms. The predicted octanol–water partition coefficient (Wildman–Crippen LogP) is 2.43. The summed E-state index contributed by atoms with van der Waals surface area (Å²) in [6.07, 6.45) is 5.21. The summed E-state index contributed by atoms with van der Waals surface area (Å²) >= 11 is 0. The zero-order valence-corrected chi connectivity index (χ0v) is 13.8. The number of rotatable bonds is 8. The van der Waals surface area contributed by atoms with Gasteiger partial charge < -0.3 is 15.1 Å². The van der Waals surface area contributed by atoms with Crippen LogP contribution in [0.1, 0.15) is 46.5 Å². The average molecular weight is 269 g/mol. The number of piperidine rings is 1. The number of likely N-dealkylation sites (tertiary alicyclic amines) is 1. The molecule has 1 saturated heterocycles. The van der Waals surface area contributed by atoms with Crippen molar-refractivity contribution in [3.05, 3.63) is 0 Å². The van der Waals surface area contributed by atoms with E-state index in [1.807, 2.05) is 0 Å². The van der Waals surface area contributed by atoms with Crippen molar-refractivity contribution in [2.75, 3.05) is 40.3 Å². The molecule has 1 aliphatic heterocycles. The summed E-state index contributed by atoms with van der Waals surface area (Å²) in [7, 11) is 4.44. The van der Waals surface area contributed by atoms with Crippen molar-refractivity contribution in [1.29, 1.82) is 0 Å². The van der Waals surface area contributed by atoms with Gasteiger partial charge in [0.1, 0.15) is 0 Å². The van der Waals surface area contributed by atoms with Crippen molar-refractivity contribution in [3.63, 3.8) is 0 Å². The van der Waals surface area contributed by atoms with Crippen LogP contribution in [0.4, 0.5) is 0 Å². The molecule has 3 unspecified atom stereocenters. The molecule has 3 atom stereocenters. The summed E-state index contributed by atoms with van der Waals surface area (Å²) in [5.41, 5.74) is 0. The normalized spacial score (nSPS) is 24.6. The molecule has 0 aromatic carbocycles. The van der Waals surface area contributed by atoms with Crippen LogP contribution in [-0.2, 0) is 0 Å². The molecule has 114 valence electrons. The van der Waals surface area contributed by atoms with E-state index in [1.54, 1.807) is 0 Å². The fourth-order valence-corrected chi connectivity index (χ4v) is 2.96. The Morgan fingerprint density at radius 2 is 2.05 bits per heavy atom. The number of likely N-dealkylation sites (N-methyl/N-ethyl adjacent to an activating group) is 1. The van der Waals surface area contributed by atoms with Gasteiger partial charge in [-0.2, -0.15) is 0 Å². The number of nitrogens with zero attached hydrogens (tertiary/aromatic N) is 2. The largest absolute Gasteiger partial charge is 0.312 e. The van der Waals surface area contributed by atoms with E-state index in [2.05, 4.69) is 50.0 Å². The molecule has 1 heterocycles. The second-order valence-corrected chi connectivity index (χ2v) is 6.47.